The fraction of sp³-hybridized carbons (Fsp3) is 0.143. The van der Waals surface area contributed by atoms with Crippen LogP contribution in [0.3, 0.4) is 0 Å². The van der Waals surface area contributed by atoms with Crippen LogP contribution in [-0.4, -0.2) is 11.6 Å². The second-order valence-electron chi connectivity index (χ2n) is 3.62. The van der Waals surface area contributed by atoms with Crippen molar-refractivity contribution >= 4 is 0 Å². The van der Waals surface area contributed by atoms with Crippen molar-refractivity contribution in [3.05, 3.63) is 48.0 Å². The Kier molecular flexibility index (Phi) is 3.94. The number of hydrogen-bond donors (Lipinski definition) is 0. The van der Waals surface area contributed by atoms with Crippen LogP contribution >= 0.6 is 0 Å². The number of pyridine rings is 1. The van der Waals surface area contributed by atoms with E-state index in [0.29, 0.717) is 23.9 Å². The topological polar surface area (TPSA) is 55.1 Å². The molecule has 1 heterocycles. The molecule has 0 amide bonds. The lowest BCUT2D eigenvalue weighted by Gasteiger charge is -2.11. The third-order valence-corrected chi connectivity index (χ3v) is 2.29. The van der Waals surface area contributed by atoms with Crippen LogP contribution in [0.15, 0.2) is 36.5 Å². The van der Waals surface area contributed by atoms with Gasteiger partial charge in [0.05, 0.1) is 12.8 Å². The molecule has 96 valence electrons. The van der Waals surface area contributed by atoms with Gasteiger partial charge in [0, 0.05) is 6.07 Å². The first-order chi connectivity index (χ1) is 9.22. The Morgan fingerprint density at radius 2 is 2.00 bits per heavy atom. The average molecular weight is 258 g/mol. The number of rotatable bonds is 4. The molecule has 0 aliphatic heterocycles. The summed E-state index contributed by atoms with van der Waals surface area (Å²) in [6.07, 6.45) is 1.41. The standard InChI is InChI=1S/C14H11FN2O2/c1-2-18-13-7-11(8-16)17-9-14(13)19-12-5-3-10(15)4-6-12/h3-7,9H,2H2,1H3. The van der Waals surface area contributed by atoms with Gasteiger partial charge in [0.15, 0.2) is 11.5 Å². The normalized spacial score (nSPS) is 9.74. The van der Waals surface area contributed by atoms with Gasteiger partial charge in [-0.25, -0.2) is 9.37 Å². The zero-order valence-electron chi connectivity index (χ0n) is 10.3. The lowest BCUT2D eigenvalue weighted by atomic mass is 10.3. The molecule has 0 saturated heterocycles. The van der Waals surface area contributed by atoms with Crippen molar-refractivity contribution in [1.29, 1.82) is 5.26 Å². The minimum atomic E-state index is -0.338. The molecule has 2 aromatic rings. The first kappa shape index (κ1) is 12.8. The first-order valence-corrected chi connectivity index (χ1v) is 5.69. The number of nitriles is 1. The molecule has 0 bridgehead atoms. The fourth-order valence-electron chi connectivity index (χ4n) is 1.46. The predicted molar refractivity (Wildman–Crippen MR) is 66.6 cm³/mol. The van der Waals surface area contributed by atoms with Crippen LogP contribution in [0.4, 0.5) is 4.39 Å². The molecule has 0 spiro atoms. The summed E-state index contributed by atoms with van der Waals surface area (Å²) in [5, 5.41) is 8.79. The van der Waals surface area contributed by atoms with Crippen LogP contribution in [0.2, 0.25) is 0 Å². The summed E-state index contributed by atoms with van der Waals surface area (Å²) in [4.78, 5) is 3.91. The molecule has 2 rings (SSSR count). The summed E-state index contributed by atoms with van der Waals surface area (Å²) in [5.74, 6) is 0.940. The van der Waals surface area contributed by atoms with Crippen molar-refractivity contribution in [3.8, 4) is 23.3 Å². The molecule has 0 radical (unpaired) electrons. The molecule has 0 saturated carbocycles. The molecule has 19 heavy (non-hydrogen) atoms. The third-order valence-electron chi connectivity index (χ3n) is 2.29. The predicted octanol–water partition coefficient (Wildman–Crippen LogP) is 3.28. The van der Waals surface area contributed by atoms with Crippen molar-refractivity contribution in [1.82, 2.24) is 4.98 Å². The Balaban J connectivity index is 2.28. The Morgan fingerprint density at radius 3 is 2.63 bits per heavy atom. The van der Waals surface area contributed by atoms with Crippen molar-refractivity contribution in [2.45, 2.75) is 6.92 Å². The van der Waals surface area contributed by atoms with Crippen LogP contribution in [0, 0.1) is 17.1 Å². The van der Waals surface area contributed by atoms with E-state index in [9.17, 15) is 4.39 Å². The summed E-state index contributed by atoms with van der Waals surface area (Å²) in [6, 6.07) is 9.03. The van der Waals surface area contributed by atoms with E-state index in [2.05, 4.69) is 4.98 Å². The molecule has 0 atom stereocenters. The highest BCUT2D eigenvalue weighted by Crippen LogP contribution is 2.31. The fourth-order valence-corrected chi connectivity index (χ4v) is 1.46. The number of ether oxygens (including phenoxy) is 2. The maximum atomic E-state index is 12.8. The summed E-state index contributed by atoms with van der Waals surface area (Å²) >= 11 is 0. The zero-order chi connectivity index (χ0) is 13.7. The van der Waals surface area contributed by atoms with Gasteiger partial charge in [0.2, 0.25) is 0 Å². The molecule has 0 N–H and O–H groups in total. The number of aromatic nitrogens is 1. The lowest BCUT2D eigenvalue weighted by molar-refractivity contribution is 0.320. The number of halogens is 1. The summed E-state index contributed by atoms with van der Waals surface area (Å²) in [5.41, 5.74) is 0.245. The van der Waals surface area contributed by atoms with Crippen molar-refractivity contribution in [2.24, 2.45) is 0 Å². The van der Waals surface area contributed by atoms with Crippen molar-refractivity contribution < 1.29 is 13.9 Å². The minimum Gasteiger partial charge on any atom is -0.490 e. The van der Waals surface area contributed by atoms with E-state index in [0.717, 1.165) is 0 Å². The van der Waals surface area contributed by atoms with Gasteiger partial charge in [0.25, 0.3) is 0 Å². The van der Waals surface area contributed by atoms with Gasteiger partial charge < -0.3 is 9.47 Å². The average Bonchev–Trinajstić information content (AvgIpc) is 2.43. The second-order valence-corrected chi connectivity index (χ2v) is 3.62. The maximum Gasteiger partial charge on any atom is 0.187 e. The lowest BCUT2D eigenvalue weighted by Crippen LogP contribution is -1.97. The van der Waals surface area contributed by atoms with Crippen molar-refractivity contribution in [2.75, 3.05) is 6.61 Å². The Hall–Kier alpha value is -2.61. The van der Waals surface area contributed by atoms with Gasteiger partial charge >= 0.3 is 0 Å². The second kappa shape index (κ2) is 5.83. The molecular formula is C14H11FN2O2. The Labute approximate surface area is 110 Å². The van der Waals surface area contributed by atoms with Gasteiger partial charge in [0.1, 0.15) is 23.3 Å². The van der Waals surface area contributed by atoms with E-state index in [-0.39, 0.29) is 11.5 Å². The van der Waals surface area contributed by atoms with E-state index in [1.165, 1.54) is 36.5 Å². The first-order valence-electron chi connectivity index (χ1n) is 5.69. The van der Waals surface area contributed by atoms with Gasteiger partial charge in [-0.1, -0.05) is 0 Å². The van der Waals surface area contributed by atoms with Crippen LogP contribution < -0.4 is 9.47 Å². The van der Waals surface area contributed by atoms with E-state index < -0.39 is 0 Å². The smallest absolute Gasteiger partial charge is 0.187 e. The zero-order valence-corrected chi connectivity index (χ0v) is 10.3. The Morgan fingerprint density at radius 1 is 1.26 bits per heavy atom. The van der Waals surface area contributed by atoms with Crippen LogP contribution in [-0.2, 0) is 0 Å². The van der Waals surface area contributed by atoms with Crippen LogP contribution in [0.1, 0.15) is 12.6 Å². The van der Waals surface area contributed by atoms with E-state index >= 15 is 0 Å². The molecule has 1 aromatic carbocycles. The molecule has 0 fully saturated rings. The van der Waals surface area contributed by atoms with Crippen LogP contribution in [0.25, 0.3) is 0 Å². The van der Waals surface area contributed by atoms with Gasteiger partial charge in [-0.15, -0.1) is 0 Å². The SMILES string of the molecule is CCOc1cc(C#N)ncc1Oc1ccc(F)cc1. The number of hydrogen-bond acceptors (Lipinski definition) is 4. The quantitative estimate of drug-likeness (QED) is 0.844. The van der Waals surface area contributed by atoms with Gasteiger partial charge in [-0.05, 0) is 31.2 Å². The number of benzene rings is 1. The highest BCUT2D eigenvalue weighted by Gasteiger charge is 2.09. The highest BCUT2D eigenvalue weighted by molar-refractivity contribution is 5.44. The van der Waals surface area contributed by atoms with Crippen LogP contribution in [0.5, 0.6) is 17.2 Å². The summed E-state index contributed by atoms with van der Waals surface area (Å²) < 4.78 is 23.7. The maximum absolute atomic E-state index is 12.8. The summed E-state index contributed by atoms with van der Waals surface area (Å²) in [7, 11) is 0. The molecule has 4 nitrogen and oxygen atoms in total. The molecule has 5 heteroatoms. The van der Waals surface area contributed by atoms with Gasteiger partial charge in [-0.3, -0.25) is 0 Å². The summed E-state index contributed by atoms with van der Waals surface area (Å²) in [6.45, 7) is 2.27. The molecule has 0 unspecified atom stereocenters. The Bertz CT molecular complexity index is 606. The third kappa shape index (κ3) is 3.19. The number of nitrogens with zero attached hydrogens (tertiary/aromatic N) is 2. The van der Waals surface area contributed by atoms with Crippen molar-refractivity contribution in [3.63, 3.8) is 0 Å². The van der Waals surface area contributed by atoms with E-state index in [1.54, 1.807) is 0 Å². The largest absolute Gasteiger partial charge is 0.490 e. The minimum absolute atomic E-state index is 0.245. The monoisotopic (exact) mass is 258 g/mol. The molecule has 1 aromatic heterocycles. The molecular weight excluding hydrogens is 247 g/mol. The highest BCUT2D eigenvalue weighted by atomic mass is 19.1. The van der Waals surface area contributed by atoms with Gasteiger partial charge in [-0.2, -0.15) is 5.26 Å². The van der Waals surface area contributed by atoms with E-state index in [4.69, 9.17) is 14.7 Å². The molecule has 0 aliphatic rings. The van der Waals surface area contributed by atoms with E-state index in [1.807, 2.05) is 13.0 Å². The molecule has 0 aliphatic carbocycles.